The summed E-state index contributed by atoms with van der Waals surface area (Å²) in [6.45, 7) is 1.95. The maximum absolute atomic E-state index is 12.3. The van der Waals surface area contributed by atoms with Crippen LogP contribution in [0.15, 0.2) is 29.2 Å². The lowest BCUT2D eigenvalue weighted by molar-refractivity contribution is 0.0696. The zero-order valence-electron chi connectivity index (χ0n) is 10.7. The molecule has 1 aromatic rings. The van der Waals surface area contributed by atoms with Crippen molar-refractivity contribution in [3.63, 3.8) is 0 Å². The van der Waals surface area contributed by atoms with E-state index in [-0.39, 0.29) is 16.0 Å². The van der Waals surface area contributed by atoms with Gasteiger partial charge in [-0.15, -0.1) is 0 Å². The van der Waals surface area contributed by atoms with Crippen molar-refractivity contribution >= 4 is 16.0 Å². The van der Waals surface area contributed by atoms with E-state index in [0.29, 0.717) is 0 Å². The smallest absolute Gasteiger partial charge is 0.335 e. The molecular formula is C13H17NO4S. The quantitative estimate of drug-likeness (QED) is 0.865. The number of sulfonamides is 1. The molecule has 0 radical (unpaired) electrons. The van der Waals surface area contributed by atoms with E-state index in [1.54, 1.807) is 0 Å². The molecule has 6 heteroatoms. The van der Waals surface area contributed by atoms with Crippen LogP contribution in [0, 0.1) is 0 Å². The van der Waals surface area contributed by atoms with Crippen LogP contribution in [0.2, 0.25) is 0 Å². The van der Waals surface area contributed by atoms with Gasteiger partial charge in [-0.2, -0.15) is 0 Å². The van der Waals surface area contributed by atoms with Crippen molar-refractivity contribution in [2.45, 2.75) is 43.0 Å². The first kappa shape index (κ1) is 14.0. The fraction of sp³-hybridized carbons (Fsp3) is 0.462. The Hall–Kier alpha value is -1.40. The van der Waals surface area contributed by atoms with Crippen LogP contribution in [-0.2, 0) is 10.0 Å². The summed E-state index contributed by atoms with van der Waals surface area (Å²) in [7, 11) is -3.66. The highest BCUT2D eigenvalue weighted by Gasteiger charge is 2.39. The highest BCUT2D eigenvalue weighted by Crippen LogP contribution is 2.36. The van der Waals surface area contributed by atoms with Gasteiger partial charge >= 0.3 is 5.97 Å². The highest BCUT2D eigenvalue weighted by atomic mass is 32.2. The Kier molecular flexibility index (Phi) is 3.64. The lowest BCUT2D eigenvalue weighted by atomic mass is 9.76. The van der Waals surface area contributed by atoms with Gasteiger partial charge < -0.3 is 5.11 Å². The fourth-order valence-corrected chi connectivity index (χ4v) is 3.85. The number of hydrogen-bond donors (Lipinski definition) is 2. The van der Waals surface area contributed by atoms with Gasteiger partial charge in [-0.05, 0) is 43.9 Å². The van der Waals surface area contributed by atoms with Gasteiger partial charge in [-0.25, -0.2) is 17.9 Å². The van der Waals surface area contributed by atoms with Crippen molar-refractivity contribution < 1.29 is 18.3 Å². The largest absolute Gasteiger partial charge is 0.478 e. The molecule has 5 nitrogen and oxygen atoms in total. The van der Waals surface area contributed by atoms with Crippen LogP contribution in [0.25, 0.3) is 0 Å². The SMILES string of the molecule is CCC1(NS(=O)(=O)c2cccc(C(=O)O)c2)CCC1. The molecule has 0 saturated heterocycles. The fourth-order valence-electron chi connectivity index (χ4n) is 2.27. The molecule has 0 bridgehead atoms. The van der Waals surface area contributed by atoms with E-state index in [1.807, 2.05) is 6.92 Å². The van der Waals surface area contributed by atoms with Crippen LogP contribution in [0.1, 0.15) is 43.0 Å². The molecule has 0 spiro atoms. The molecule has 0 aromatic heterocycles. The number of benzene rings is 1. The molecule has 1 aliphatic carbocycles. The van der Waals surface area contributed by atoms with Gasteiger partial charge in [0.25, 0.3) is 0 Å². The Morgan fingerprint density at radius 2 is 2.11 bits per heavy atom. The molecular weight excluding hydrogens is 266 g/mol. The second-order valence-corrected chi connectivity index (χ2v) is 6.61. The zero-order valence-corrected chi connectivity index (χ0v) is 11.5. The third-order valence-electron chi connectivity index (χ3n) is 3.73. The summed E-state index contributed by atoms with van der Waals surface area (Å²) in [4.78, 5) is 10.9. The van der Waals surface area contributed by atoms with E-state index in [4.69, 9.17) is 5.11 Å². The maximum Gasteiger partial charge on any atom is 0.335 e. The minimum Gasteiger partial charge on any atom is -0.478 e. The first-order chi connectivity index (χ1) is 8.88. The Bertz CT molecular complexity index is 585. The van der Waals surface area contributed by atoms with Gasteiger partial charge in [0.1, 0.15) is 0 Å². The third-order valence-corrected chi connectivity index (χ3v) is 5.31. The van der Waals surface area contributed by atoms with Crippen molar-refractivity contribution in [3.8, 4) is 0 Å². The molecule has 0 unspecified atom stereocenters. The Morgan fingerprint density at radius 1 is 1.42 bits per heavy atom. The topological polar surface area (TPSA) is 83.5 Å². The monoisotopic (exact) mass is 283 g/mol. The van der Waals surface area contributed by atoms with Crippen LogP contribution in [0.5, 0.6) is 0 Å². The molecule has 0 heterocycles. The second kappa shape index (κ2) is 4.94. The van der Waals surface area contributed by atoms with E-state index in [1.165, 1.54) is 24.3 Å². The number of carbonyl (C=O) groups is 1. The second-order valence-electron chi connectivity index (χ2n) is 4.93. The van der Waals surface area contributed by atoms with Crippen molar-refractivity contribution in [1.82, 2.24) is 4.72 Å². The summed E-state index contributed by atoms with van der Waals surface area (Å²) in [5, 5.41) is 8.90. The van der Waals surface area contributed by atoms with Crippen LogP contribution in [0.4, 0.5) is 0 Å². The van der Waals surface area contributed by atoms with E-state index in [9.17, 15) is 13.2 Å². The van der Waals surface area contributed by atoms with E-state index < -0.39 is 16.0 Å². The minimum absolute atomic E-state index is 0.00660. The average Bonchev–Trinajstić information content (AvgIpc) is 2.34. The molecule has 0 atom stereocenters. The maximum atomic E-state index is 12.3. The summed E-state index contributed by atoms with van der Waals surface area (Å²) in [5.74, 6) is -1.13. The Balaban J connectivity index is 2.29. The van der Waals surface area contributed by atoms with Crippen molar-refractivity contribution in [3.05, 3.63) is 29.8 Å². The average molecular weight is 283 g/mol. The first-order valence-corrected chi connectivity index (χ1v) is 7.74. The van der Waals surface area contributed by atoms with Crippen molar-refractivity contribution in [2.24, 2.45) is 0 Å². The van der Waals surface area contributed by atoms with E-state index in [0.717, 1.165) is 25.7 Å². The molecule has 104 valence electrons. The molecule has 2 N–H and O–H groups in total. The number of hydrogen-bond acceptors (Lipinski definition) is 3. The molecule has 1 saturated carbocycles. The molecule has 0 aliphatic heterocycles. The summed E-state index contributed by atoms with van der Waals surface area (Å²) in [5.41, 5.74) is -0.375. The van der Waals surface area contributed by atoms with Gasteiger partial charge in [0, 0.05) is 5.54 Å². The van der Waals surface area contributed by atoms with Gasteiger partial charge in [0.05, 0.1) is 10.5 Å². The summed E-state index contributed by atoms with van der Waals surface area (Å²) in [6, 6.07) is 5.42. The number of aromatic carboxylic acids is 1. The number of carboxylic acids is 1. The summed E-state index contributed by atoms with van der Waals surface area (Å²) in [6.07, 6.45) is 3.43. The predicted molar refractivity (Wildman–Crippen MR) is 70.6 cm³/mol. The van der Waals surface area contributed by atoms with Crippen LogP contribution >= 0.6 is 0 Å². The number of nitrogens with one attached hydrogen (secondary N) is 1. The molecule has 1 fully saturated rings. The number of rotatable bonds is 5. The highest BCUT2D eigenvalue weighted by molar-refractivity contribution is 7.89. The van der Waals surface area contributed by atoms with Gasteiger partial charge in [-0.3, -0.25) is 0 Å². The summed E-state index contributed by atoms with van der Waals surface area (Å²) < 4.78 is 27.3. The Morgan fingerprint density at radius 3 is 2.58 bits per heavy atom. The van der Waals surface area contributed by atoms with Gasteiger partial charge in [0.2, 0.25) is 10.0 Å². The van der Waals surface area contributed by atoms with Crippen molar-refractivity contribution in [1.29, 1.82) is 0 Å². The molecule has 1 aliphatic rings. The van der Waals surface area contributed by atoms with Gasteiger partial charge in [0.15, 0.2) is 0 Å². The predicted octanol–water partition coefficient (Wildman–Crippen LogP) is 2.00. The van der Waals surface area contributed by atoms with Crippen LogP contribution in [0.3, 0.4) is 0 Å². The van der Waals surface area contributed by atoms with Crippen LogP contribution < -0.4 is 4.72 Å². The van der Waals surface area contributed by atoms with E-state index >= 15 is 0 Å². The molecule has 2 rings (SSSR count). The Labute approximate surface area is 112 Å². The number of carboxylic acid groups (broad SMARTS) is 1. The van der Waals surface area contributed by atoms with Crippen LogP contribution in [-0.4, -0.2) is 25.0 Å². The standard InChI is InChI=1S/C13H17NO4S/c1-2-13(7-4-8-13)14-19(17,18)11-6-3-5-10(9-11)12(15)16/h3,5-6,9,14H,2,4,7-8H2,1H3,(H,15,16). The lowest BCUT2D eigenvalue weighted by Gasteiger charge is -2.41. The zero-order chi connectivity index (χ0) is 14.1. The van der Waals surface area contributed by atoms with Crippen molar-refractivity contribution in [2.75, 3.05) is 0 Å². The normalized spacial score (nSPS) is 17.7. The lowest BCUT2D eigenvalue weighted by Crippen LogP contribution is -2.52. The molecule has 19 heavy (non-hydrogen) atoms. The van der Waals surface area contributed by atoms with E-state index in [2.05, 4.69) is 4.72 Å². The molecule has 0 amide bonds. The molecule has 1 aromatic carbocycles. The summed E-state index contributed by atoms with van der Waals surface area (Å²) >= 11 is 0. The van der Waals surface area contributed by atoms with Gasteiger partial charge in [-0.1, -0.05) is 13.0 Å². The minimum atomic E-state index is -3.66. The first-order valence-electron chi connectivity index (χ1n) is 6.26. The third kappa shape index (κ3) is 2.79.